The number of aliphatic hydroxyl groups excluding tert-OH is 1. The molecule has 0 saturated carbocycles. The van der Waals surface area contributed by atoms with Crippen LogP contribution in [0.25, 0.3) is 0 Å². The van der Waals surface area contributed by atoms with Crippen LogP contribution in [0, 0.1) is 0 Å². The van der Waals surface area contributed by atoms with Crippen LogP contribution in [0.2, 0.25) is 0 Å². The third-order valence-corrected chi connectivity index (χ3v) is 2.45. The number of aliphatic hydroxyl groups is 1. The Kier molecular flexibility index (Phi) is 5.94. The number of ether oxygens (including phenoxy) is 1. The van der Waals surface area contributed by atoms with Crippen LogP contribution in [-0.2, 0) is 16.1 Å². The lowest BCUT2D eigenvalue weighted by atomic mass is 10.2. The van der Waals surface area contributed by atoms with Crippen molar-refractivity contribution in [3.05, 3.63) is 12.4 Å². The van der Waals surface area contributed by atoms with Crippen molar-refractivity contribution in [1.82, 2.24) is 15.1 Å². The Morgan fingerprint density at radius 1 is 1.55 bits per heavy atom. The number of urea groups is 1. The number of rotatable bonds is 7. The maximum Gasteiger partial charge on any atom is 0.328 e. The van der Waals surface area contributed by atoms with Gasteiger partial charge in [-0.2, -0.15) is 5.10 Å². The number of carbonyl (C=O) groups excluding carboxylic acids is 1. The summed E-state index contributed by atoms with van der Waals surface area (Å²) in [6, 6.07) is -2.11. The summed E-state index contributed by atoms with van der Waals surface area (Å²) in [4.78, 5) is 22.4. The third-order valence-electron chi connectivity index (χ3n) is 2.45. The molecular formula is C11H18N4O5. The SMILES string of the molecule is COCCn1cc(NC(=O)NC(C(=O)O)C(C)O)cn1. The predicted octanol–water partition coefficient (Wildman–Crippen LogP) is -0.515. The monoisotopic (exact) mass is 286 g/mol. The number of nitrogens with zero attached hydrogens (tertiary/aromatic N) is 2. The first-order chi connectivity index (χ1) is 9.43. The van der Waals surface area contributed by atoms with E-state index in [-0.39, 0.29) is 0 Å². The van der Waals surface area contributed by atoms with E-state index < -0.39 is 24.1 Å². The Morgan fingerprint density at radius 3 is 2.80 bits per heavy atom. The Morgan fingerprint density at radius 2 is 2.25 bits per heavy atom. The van der Waals surface area contributed by atoms with Gasteiger partial charge in [-0.1, -0.05) is 0 Å². The molecule has 9 heteroatoms. The van der Waals surface area contributed by atoms with E-state index in [9.17, 15) is 14.7 Å². The number of amides is 2. The minimum absolute atomic E-state index is 0.410. The molecule has 0 aromatic carbocycles. The highest BCUT2D eigenvalue weighted by atomic mass is 16.5. The summed E-state index contributed by atoms with van der Waals surface area (Å²) in [5.74, 6) is -1.31. The Labute approximate surface area is 115 Å². The van der Waals surface area contributed by atoms with Crippen LogP contribution >= 0.6 is 0 Å². The number of carboxylic acids is 1. The third kappa shape index (κ3) is 4.86. The minimum atomic E-state index is -1.38. The molecule has 0 aliphatic carbocycles. The van der Waals surface area contributed by atoms with Gasteiger partial charge < -0.3 is 25.6 Å². The fraction of sp³-hybridized carbons (Fsp3) is 0.545. The Balaban J connectivity index is 2.53. The van der Waals surface area contributed by atoms with E-state index in [0.717, 1.165) is 0 Å². The first-order valence-electron chi connectivity index (χ1n) is 5.93. The van der Waals surface area contributed by atoms with Crippen molar-refractivity contribution in [2.75, 3.05) is 19.0 Å². The molecule has 0 aliphatic rings. The van der Waals surface area contributed by atoms with Crippen LogP contribution in [0.15, 0.2) is 12.4 Å². The quantitative estimate of drug-likeness (QED) is 0.534. The number of hydrogen-bond acceptors (Lipinski definition) is 5. The first-order valence-corrected chi connectivity index (χ1v) is 5.93. The van der Waals surface area contributed by atoms with E-state index in [1.807, 2.05) is 0 Å². The van der Waals surface area contributed by atoms with Gasteiger partial charge in [0.2, 0.25) is 0 Å². The molecule has 0 radical (unpaired) electrons. The zero-order valence-corrected chi connectivity index (χ0v) is 11.2. The van der Waals surface area contributed by atoms with E-state index >= 15 is 0 Å². The highest BCUT2D eigenvalue weighted by Gasteiger charge is 2.24. The molecule has 1 aromatic rings. The lowest BCUT2D eigenvalue weighted by Gasteiger charge is -2.16. The molecule has 0 aliphatic heterocycles. The second kappa shape index (κ2) is 7.46. The maximum atomic E-state index is 11.6. The molecule has 2 atom stereocenters. The van der Waals surface area contributed by atoms with Crippen LogP contribution in [-0.4, -0.2) is 57.9 Å². The summed E-state index contributed by atoms with van der Waals surface area (Å²) >= 11 is 0. The number of methoxy groups -OCH3 is 1. The van der Waals surface area contributed by atoms with Crippen molar-refractivity contribution < 1.29 is 24.5 Å². The van der Waals surface area contributed by atoms with Crippen LogP contribution in [0.4, 0.5) is 10.5 Å². The average molecular weight is 286 g/mol. The highest BCUT2D eigenvalue weighted by Crippen LogP contribution is 2.05. The molecule has 0 fully saturated rings. The molecule has 1 aromatic heterocycles. The second-order valence-electron chi connectivity index (χ2n) is 4.14. The fourth-order valence-electron chi connectivity index (χ4n) is 1.43. The Bertz CT molecular complexity index is 459. The molecule has 2 amide bonds. The number of hydrogen-bond donors (Lipinski definition) is 4. The maximum absolute atomic E-state index is 11.6. The van der Waals surface area contributed by atoms with Crippen LogP contribution < -0.4 is 10.6 Å². The smallest absolute Gasteiger partial charge is 0.328 e. The van der Waals surface area contributed by atoms with Crippen molar-refractivity contribution in [2.45, 2.75) is 25.6 Å². The molecule has 4 N–H and O–H groups in total. The largest absolute Gasteiger partial charge is 0.480 e. The van der Waals surface area contributed by atoms with E-state index in [1.165, 1.54) is 13.1 Å². The summed E-state index contributed by atoms with van der Waals surface area (Å²) in [6.45, 7) is 2.30. The molecular weight excluding hydrogens is 268 g/mol. The number of aliphatic carboxylic acids is 1. The molecule has 1 heterocycles. The molecule has 9 nitrogen and oxygen atoms in total. The van der Waals surface area contributed by atoms with Gasteiger partial charge >= 0.3 is 12.0 Å². The summed E-state index contributed by atoms with van der Waals surface area (Å²) in [5, 5.41) is 26.6. The second-order valence-corrected chi connectivity index (χ2v) is 4.14. The van der Waals surface area contributed by atoms with Gasteiger partial charge in [-0.3, -0.25) is 4.68 Å². The lowest BCUT2D eigenvalue weighted by molar-refractivity contribution is -0.141. The zero-order chi connectivity index (χ0) is 15.1. The van der Waals surface area contributed by atoms with E-state index in [1.54, 1.807) is 18.0 Å². The van der Waals surface area contributed by atoms with Gasteiger partial charge in [0.15, 0.2) is 6.04 Å². The van der Waals surface area contributed by atoms with Crippen LogP contribution in [0.3, 0.4) is 0 Å². The van der Waals surface area contributed by atoms with Gasteiger partial charge in [-0.25, -0.2) is 9.59 Å². The van der Waals surface area contributed by atoms with E-state index in [4.69, 9.17) is 9.84 Å². The summed E-state index contributed by atoms with van der Waals surface area (Å²) in [5.41, 5.74) is 0.410. The summed E-state index contributed by atoms with van der Waals surface area (Å²) in [6.07, 6.45) is 1.80. The number of aromatic nitrogens is 2. The number of carboxylic acid groups (broad SMARTS) is 1. The van der Waals surface area contributed by atoms with Crippen molar-refractivity contribution in [3.63, 3.8) is 0 Å². The molecule has 0 spiro atoms. The molecule has 0 bridgehead atoms. The predicted molar refractivity (Wildman–Crippen MR) is 69.4 cm³/mol. The normalized spacial score (nSPS) is 13.6. The van der Waals surface area contributed by atoms with Gasteiger partial charge in [0, 0.05) is 13.3 Å². The molecule has 20 heavy (non-hydrogen) atoms. The molecule has 112 valence electrons. The van der Waals surface area contributed by atoms with Crippen molar-refractivity contribution in [2.24, 2.45) is 0 Å². The molecule has 2 unspecified atom stereocenters. The van der Waals surface area contributed by atoms with Gasteiger partial charge in [-0.15, -0.1) is 0 Å². The first kappa shape index (κ1) is 15.9. The van der Waals surface area contributed by atoms with Gasteiger partial charge in [0.05, 0.1) is 31.1 Å². The van der Waals surface area contributed by atoms with Crippen molar-refractivity contribution >= 4 is 17.7 Å². The molecule has 1 rings (SSSR count). The number of anilines is 1. The standard InChI is InChI=1S/C11H18N4O5/c1-7(16)9(10(17)18)14-11(19)13-8-5-12-15(6-8)3-4-20-2/h5-7,9,16H,3-4H2,1-2H3,(H,17,18)(H2,13,14,19). The average Bonchev–Trinajstić information content (AvgIpc) is 2.80. The zero-order valence-electron chi connectivity index (χ0n) is 11.2. The van der Waals surface area contributed by atoms with Crippen LogP contribution in [0.5, 0.6) is 0 Å². The van der Waals surface area contributed by atoms with Crippen molar-refractivity contribution in [3.8, 4) is 0 Å². The van der Waals surface area contributed by atoms with E-state index in [0.29, 0.717) is 18.8 Å². The Hall–Kier alpha value is -2.13. The number of carbonyl (C=O) groups is 2. The van der Waals surface area contributed by atoms with Gasteiger partial charge in [-0.05, 0) is 6.92 Å². The van der Waals surface area contributed by atoms with Crippen LogP contribution in [0.1, 0.15) is 6.92 Å². The van der Waals surface area contributed by atoms with Crippen molar-refractivity contribution in [1.29, 1.82) is 0 Å². The number of nitrogens with one attached hydrogen (secondary N) is 2. The molecule has 0 saturated heterocycles. The van der Waals surface area contributed by atoms with Gasteiger partial charge in [0.1, 0.15) is 0 Å². The lowest BCUT2D eigenvalue weighted by Crippen LogP contribution is -2.49. The van der Waals surface area contributed by atoms with Gasteiger partial charge in [0.25, 0.3) is 0 Å². The fourth-order valence-corrected chi connectivity index (χ4v) is 1.43. The summed E-state index contributed by atoms with van der Waals surface area (Å²) < 4.78 is 6.46. The minimum Gasteiger partial charge on any atom is -0.480 e. The highest BCUT2D eigenvalue weighted by molar-refractivity contribution is 5.92. The van der Waals surface area contributed by atoms with E-state index in [2.05, 4.69) is 15.7 Å². The topological polar surface area (TPSA) is 126 Å². The summed E-state index contributed by atoms with van der Waals surface area (Å²) in [7, 11) is 1.57.